The molecule has 1 saturated heterocycles. The quantitative estimate of drug-likeness (QED) is 0.729. The molecule has 5 heteroatoms. The first-order valence-electron chi connectivity index (χ1n) is 8.99. The third-order valence-corrected chi connectivity index (χ3v) is 6.32. The zero-order valence-electron chi connectivity index (χ0n) is 16.3. The molecular weight excluding hydrogens is 306 g/mol. The van der Waals surface area contributed by atoms with E-state index in [-0.39, 0.29) is 16.8 Å². The number of hydrogen-bond donors (Lipinski definition) is 0. The highest BCUT2D eigenvalue weighted by molar-refractivity contribution is 5.82. The molecule has 1 heterocycles. The molecule has 5 nitrogen and oxygen atoms in total. The lowest BCUT2D eigenvalue weighted by molar-refractivity contribution is -0.145. The van der Waals surface area contributed by atoms with Crippen molar-refractivity contribution in [1.82, 2.24) is 4.90 Å². The zero-order valence-corrected chi connectivity index (χ0v) is 16.3. The molecule has 2 fully saturated rings. The highest BCUT2D eigenvalue weighted by atomic mass is 16.6. The minimum Gasteiger partial charge on any atom is -0.467 e. The Balaban J connectivity index is 2.26. The van der Waals surface area contributed by atoms with Gasteiger partial charge in [0.1, 0.15) is 11.6 Å². The lowest BCUT2D eigenvalue weighted by Crippen LogP contribution is -2.47. The molecule has 0 aromatic rings. The average molecular weight is 339 g/mol. The van der Waals surface area contributed by atoms with E-state index >= 15 is 0 Å². The molecule has 1 amide bonds. The van der Waals surface area contributed by atoms with Gasteiger partial charge in [-0.2, -0.15) is 0 Å². The fourth-order valence-corrected chi connectivity index (χ4v) is 4.04. The standard InChI is InChI=1S/C19H33NO4/c1-17(2,3)24-16(22)20-12-19(6,11-14(20)15(21)23-7)18(4,5)13-9-8-10-13/h13-14H,8-12H2,1-7H3. The summed E-state index contributed by atoms with van der Waals surface area (Å²) in [5.74, 6) is 0.299. The van der Waals surface area contributed by atoms with Gasteiger partial charge in [0, 0.05) is 6.54 Å². The second-order valence-corrected chi connectivity index (χ2v) is 9.26. The molecule has 0 N–H and O–H groups in total. The second kappa shape index (κ2) is 6.23. The summed E-state index contributed by atoms with van der Waals surface area (Å²) < 4.78 is 10.5. The molecule has 1 saturated carbocycles. The molecule has 0 aromatic carbocycles. The largest absolute Gasteiger partial charge is 0.467 e. The van der Waals surface area contributed by atoms with Crippen LogP contribution < -0.4 is 0 Å². The molecule has 2 aliphatic rings. The van der Waals surface area contributed by atoms with Crippen molar-refractivity contribution in [1.29, 1.82) is 0 Å². The summed E-state index contributed by atoms with van der Waals surface area (Å²) in [6, 6.07) is -0.561. The SMILES string of the molecule is COC(=O)C1CC(C)(C(C)(C)C2CCC2)CN1C(=O)OC(C)(C)C. The number of methoxy groups -OCH3 is 1. The van der Waals surface area contributed by atoms with Crippen LogP contribution in [0.3, 0.4) is 0 Å². The van der Waals surface area contributed by atoms with E-state index in [1.54, 1.807) is 4.90 Å². The van der Waals surface area contributed by atoms with E-state index in [0.29, 0.717) is 18.9 Å². The number of carbonyl (C=O) groups excluding carboxylic acids is 2. The number of carbonyl (C=O) groups is 2. The van der Waals surface area contributed by atoms with Gasteiger partial charge in [0.2, 0.25) is 0 Å². The number of ether oxygens (including phenoxy) is 2. The first kappa shape index (κ1) is 19.1. The van der Waals surface area contributed by atoms with Gasteiger partial charge in [-0.15, -0.1) is 0 Å². The predicted octanol–water partition coefficient (Wildman–Crippen LogP) is 4.00. The third-order valence-electron chi connectivity index (χ3n) is 6.32. The van der Waals surface area contributed by atoms with Crippen LogP contribution in [0.4, 0.5) is 4.79 Å². The van der Waals surface area contributed by atoms with Crippen LogP contribution in [0.25, 0.3) is 0 Å². The Kier molecular flexibility index (Phi) is 4.95. The maximum absolute atomic E-state index is 12.7. The van der Waals surface area contributed by atoms with E-state index < -0.39 is 17.7 Å². The Hall–Kier alpha value is -1.26. The number of rotatable bonds is 3. The molecule has 1 aliphatic carbocycles. The van der Waals surface area contributed by atoms with E-state index in [2.05, 4.69) is 20.8 Å². The molecule has 1 aliphatic heterocycles. The highest BCUT2D eigenvalue weighted by Crippen LogP contribution is 2.57. The van der Waals surface area contributed by atoms with Crippen LogP contribution in [0.1, 0.15) is 67.2 Å². The third kappa shape index (κ3) is 3.40. The van der Waals surface area contributed by atoms with Gasteiger partial charge in [0.15, 0.2) is 0 Å². The molecule has 2 rings (SSSR count). The Morgan fingerprint density at radius 3 is 2.12 bits per heavy atom. The topological polar surface area (TPSA) is 55.8 Å². The van der Waals surface area contributed by atoms with Crippen LogP contribution in [0.15, 0.2) is 0 Å². The van der Waals surface area contributed by atoms with Crippen LogP contribution in [0.2, 0.25) is 0 Å². The fraction of sp³-hybridized carbons (Fsp3) is 0.895. The van der Waals surface area contributed by atoms with Gasteiger partial charge in [-0.25, -0.2) is 9.59 Å². The van der Waals surface area contributed by atoms with E-state index in [0.717, 1.165) is 0 Å². The van der Waals surface area contributed by atoms with E-state index in [1.165, 1.54) is 26.4 Å². The molecule has 138 valence electrons. The number of nitrogens with zero attached hydrogens (tertiary/aromatic N) is 1. The first-order chi connectivity index (χ1) is 10.9. The molecule has 0 spiro atoms. The van der Waals surface area contributed by atoms with Crippen LogP contribution in [-0.2, 0) is 14.3 Å². The maximum Gasteiger partial charge on any atom is 0.411 e. The van der Waals surface area contributed by atoms with Crippen LogP contribution in [0.5, 0.6) is 0 Å². The van der Waals surface area contributed by atoms with Gasteiger partial charge in [-0.1, -0.05) is 27.2 Å². The summed E-state index contributed by atoms with van der Waals surface area (Å²) in [6.45, 7) is 12.8. The van der Waals surface area contributed by atoms with Crippen molar-refractivity contribution in [3.05, 3.63) is 0 Å². The Morgan fingerprint density at radius 1 is 1.12 bits per heavy atom. The van der Waals surface area contributed by atoms with Crippen molar-refractivity contribution in [2.24, 2.45) is 16.7 Å². The van der Waals surface area contributed by atoms with Gasteiger partial charge in [0.25, 0.3) is 0 Å². The maximum atomic E-state index is 12.7. The molecule has 0 radical (unpaired) electrons. The summed E-state index contributed by atoms with van der Waals surface area (Å²) >= 11 is 0. The van der Waals surface area contributed by atoms with Gasteiger partial charge in [-0.05, 0) is 56.8 Å². The average Bonchev–Trinajstić information content (AvgIpc) is 2.73. The van der Waals surface area contributed by atoms with Crippen molar-refractivity contribution in [2.45, 2.75) is 78.9 Å². The number of likely N-dealkylation sites (tertiary alicyclic amines) is 1. The van der Waals surface area contributed by atoms with Gasteiger partial charge >= 0.3 is 12.1 Å². The Labute approximate surface area is 146 Å². The zero-order chi connectivity index (χ0) is 18.3. The Morgan fingerprint density at radius 2 is 1.71 bits per heavy atom. The van der Waals surface area contributed by atoms with Crippen molar-refractivity contribution < 1.29 is 19.1 Å². The van der Waals surface area contributed by atoms with E-state index in [4.69, 9.17) is 9.47 Å². The van der Waals surface area contributed by atoms with Gasteiger partial charge < -0.3 is 9.47 Å². The monoisotopic (exact) mass is 339 g/mol. The second-order valence-electron chi connectivity index (χ2n) is 9.26. The number of amides is 1. The highest BCUT2D eigenvalue weighted by Gasteiger charge is 2.57. The van der Waals surface area contributed by atoms with Crippen molar-refractivity contribution in [3.8, 4) is 0 Å². The minimum atomic E-state index is -0.583. The lowest BCUT2D eigenvalue weighted by atomic mass is 9.54. The molecular formula is C19H33NO4. The normalized spacial score (nSPS) is 28.5. The predicted molar refractivity (Wildman–Crippen MR) is 92.6 cm³/mol. The number of esters is 1. The lowest BCUT2D eigenvalue weighted by Gasteiger charge is -2.50. The molecule has 0 bridgehead atoms. The molecule has 2 atom stereocenters. The van der Waals surface area contributed by atoms with Gasteiger partial charge in [-0.3, -0.25) is 4.90 Å². The van der Waals surface area contributed by atoms with Crippen molar-refractivity contribution in [2.75, 3.05) is 13.7 Å². The summed E-state index contributed by atoms with van der Waals surface area (Å²) in [7, 11) is 1.38. The van der Waals surface area contributed by atoms with Crippen LogP contribution in [0, 0.1) is 16.7 Å². The molecule has 0 aromatic heterocycles. The minimum absolute atomic E-state index is 0.0638. The number of hydrogen-bond acceptors (Lipinski definition) is 4. The fourth-order valence-electron chi connectivity index (χ4n) is 4.04. The van der Waals surface area contributed by atoms with Gasteiger partial charge in [0.05, 0.1) is 7.11 Å². The summed E-state index contributed by atoms with van der Waals surface area (Å²) in [5.41, 5.74) is -0.650. The van der Waals surface area contributed by atoms with E-state index in [1.807, 2.05) is 20.8 Å². The summed E-state index contributed by atoms with van der Waals surface area (Å²) in [5, 5.41) is 0. The van der Waals surface area contributed by atoms with Crippen molar-refractivity contribution >= 4 is 12.1 Å². The summed E-state index contributed by atoms with van der Waals surface area (Å²) in [6.07, 6.45) is 3.95. The van der Waals surface area contributed by atoms with Crippen molar-refractivity contribution in [3.63, 3.8) is 0 Å². The summed E-state index contributed by atoms with van der Waals surface area (Å²) in [4.78, 5) is 26.5. The Bertz CT molecular complexity index is 504. The first-order valence-corrected chi connectivity index (χ1v) is 8.99. The van der Waals surface area contributed by atoms with E-state index in [9.17, 15) is 9.59 Å². The molecule has 2 unspecified atom stereocenters. The molecule has 24 heavy (non-hydrogen) atoms. The smallest absolute Gasteiger partial charge is 0.411 e. The van der Waals surface area contributed by atoms with Crippen LogP contribution >= 0.6 is 0 Å². The van der Waals surface area contributed by atoms with Crippen LogP contribution in [-0.4, -0.2) is 42.3 Å².